The molecule has 0 aliphatic carbocycles. The van der Waals surface area contributed by atoms with Crippen LogP contribution in [0.25, 0.3) is 0 Å². The van der Waals surface area contributed by atoms with Crippen molar-refractivity contribution in [3.8, 4) is 0 Å². The Morgan fingerprint density at radius 3 is 2.43 bits per heavy atom. The molecule has 0 bridgehead atoms. The molecule has 21 heavy (non-hydrogen) atoms. The molecule has 1 aliphatic rings. The van der Waals surface area contributed by atoms with Gasteiger partial charge in [-0.05, 0) is 33.1 Å². The third-order valence-corrected chi connectivity index (χ3v) is 2.95. The Bertz CT molecular complexity index is 400. The first-order valence-electron chi connectivity index (χ1n) is 7.18. The monoisotopic (exact) mass is 298 g/mol. The van der Waals surface area contributed by atoms with Crippen LogP contribution in [0.2, 0.25) is 0 Å². The molecule has 0 aromatic carbocycles. The normalized spacial score (nSPS) is 18.0. The molecule has 118 valence electrons. The standard InChI is InChI=1S/C14H22N2O5/c1-3-20-13(18)10(14(19)21-4-2)9-16-11-7-5-6-8-15-12(11)17/h9,11,16H,3-8H2,1-2H3,(H,15,17). The molecule has 1 amide bonds. The van der Waals surface area contributed by atoms with Crippen LogP contribution >= 0.6 is 0 Å². The molecular weight excluding hydrogens is 276 g/mol. The van der Waals surface area contributed by atoms with E-state index in [1.807, 2.05) is 0 Å². The number of carbonyl (C=O) groups excluding carboxylic acids is 3. The molecule has 1 unspecified atom stereocenters. The van der Waals surface area contributed by atoms with Gasteiger partial charge in [0, 0.05) is 12.7 Å². The highest BCUT2D eigenvalue weighted by molar-refractivity contribution is 6.14. The number of hydrogen-bond donors (Lipinski definition) is 2. The molecule has 0 aromatic heterocycles. The molecular formula is C14H22N2O5. The number of carbonyl (C=O) groups is 3. The van der Waals surface area contributed by atoms with E-state index in [-0.39, 0.29) is 24.7 Å². The molecule has 0 spiro atoms. The van der Waals surface area contributed by atoms with Gasteiger partial charge in [-0.1, -0.05) is 0 Å². The number of rotatable bonds is 6. The second-order valence-electron chi connectivity index (χ2n) is 4.51. The van der Waals surface area contributed by atoms with Crippen molar-refractivity contribution in [3.63, 3.8) is 0 Å². The van der Waals surface area contributed by atoms with E-state index in [1.54, 1.807) is 13.8 Å². The minimum absolute atomic E-state index is 0.143. The first kappa shape index (κ1) is 17.0. The Balaban J connectivity index is 2.78. The Morgan fingerprint density at radius 1 is 1.24 bits per heavy atom. The van der Waals surface area contributed by atoms with Gasteiger partial charge in [-0.2, -0.15) is 0 Å². The van der Waals surface area contributed by atoms with E-state index >= 15 is 0 Å². The number of ether oxygens (including phenoxy) is 2. The summed E-state index contributed by atoms with van der Waals surface area (Å²) in [6.45, 7) is 4.24. The maximum Gasteiger partial charge on any atom is 0.347 e. The van der Waals surface area contributed by atoms with Gasteiger partial charge in [-0.15, -0.1) is 0 Å². The summed E-state index contributed by atoms with van der Waals surface area (Å²) < 4.78 is 9.63. The van der Waals surface area contributed by atoms with Crippen LogP contribution < -0.4 is 10.6 Å². The SMILES string of the molecule is CCOC(=O)C(=CNC1CCCCNC1=O)C(=O)OCC. The molecule has 0 saturated carbocycles. The molecule has 1 heterocycles. The summed E-state index contributed by atoms with van der Waals surface area (Å²) >= 11 is 0. The molecule has 1 rings (SSSR count). The molecule has 2 N–H and O–H groups in total. The van der Waals surface area contributed by atoms with Crippen LogP contribution in [0.5, 0.6) is 0 Å². The van der Waals surface area contributed by atoms with Crippen molar-refractivity contribution < 1.29 is 23.9 Å². The van der Waals surface area contributed by atoms with Crippen LogP contribution in [0, 0.1) is 0 Å². The van der Waals surface area contributed by atoms with E-state index in [0.717, 1.165) is 12.8 Å². The lowest BCUT2D eigenvalue weighted by Crippen LogP contribution is -2.41. The molecule has 1 fully saturated rings. The maximum absolute atomic E-state index is 11.8. The second kappa shape index (κ2) is 8.99. The van der Waals surface area contributed by atoms with Gasteiger partial charge < -0.3 is 20.1 Å². The summed E-state index contributed by atoms with van der Waals surface area (Å²) in [7, 11) is 0. The van der Waals surface area contributed by atoms with E-state index in [9.17, 15) is 14.4 Å². The topological polar surface area (TPSA) is 93.7 Å². The molecule has 0 radical (unpaired) electrons. The minimum atomic E-state index is -0.766. The van der Waals surface area contributed by atoms with Crippen LogP contribution in [0.3, 0.4) is 0 Å². The van der Waals surface area contributed by atoms with E-state index in [4.69, 9.17) is 9.47 Å². The summed E-state index contributed by atoms with van der Waals surface area (Å²) in [6.07, 6.45) is 3.65. The highest BCUT2D eigenvalue weighted by Gasteiger charge is 2.24. The fourth-order valence-electron chi connectivity index (χ4n) is 1.90. The zero-order valence-electron chi connectivity index (χ0n) is 12.4. The lowest BCUT2D eigenvalue weighted by atomic mass is 10.1. The Labute approximate surface area is 124 Å². The molecule has 1 aliphatic heterocycles. The van der Waals surface area contributed by atoms with Crippen molar-refractivity contribution in [2.75, 3.05) is 19.8 Å². The van der Waals surface area contributed by atoms with Gasteiger partial charge >= 0.3 is 11.9 Å². The van der Waals surface area contributed by atoms with Crippen LogP contribution in [-0.4, -0.2) is 43.6 Å². The smallest absolute Gasteiger partial charge is 0.347 e. The van der Waals surface area contributed by atoms with Gasteiger partial charge in [-0.25, -0.2) is 9.59 Å². The Morgan fingerprint density at radius 2 is 1.86 bits per heavy atom. The van der Waals surface area contributed by atoms with Crippen molar-refractivity contribution in [1.29, 1.82) is 0 Å². The fourth-order valence-corrected chi connectivity index (χ4v) is 1.90. The number of nitrogens with one attached hydrogen (secondary N) is 2. The van der Waals surface area contributed by atoms with Crippen LogP contribution in [0.4, 0.5) is 0 Å². The average Bonchev–Trinajstić information content (AvgIpc) is 2.65. The number of hydrogen-bond acceptors (Lipinski definition) is 6. The van der Waals surface area contributed by atoms with Crippen molar-refractivity contribution in [2.45, 2.75) is 39.2 Å². The van der Waals surface area contributed by atoms with Gasteiger partial charge in [0.1, 0.15) is 6.04 Å². The van der Waals surface area contributed by atoms with Crippen molar-refractivity contribution in [1.82, 2.24) is 10.6 Å². The highest BCUT2D eigenvalue weighted by atomic mass is 16.6. The summed E-state index contributed by atoms with van der Waals surface area (Å²) in [4.78, 5) is 35.3. The number of amides is 1. The highest BCUT2D eigenvalue weighted by Crippen LogP contribution is 2.07. The third-order valence-electron chi connectivity index (χ3n) is 2.95. The van der Waals surface area contributed by atoms with Crippen LogP contribution in [0.1, 0.15) is 33.1 Å². The third kappa shape index (κ3) is 5.45. The second-order valence-corrected chi connectivity index (χ2v) is 4.51. The fraction of sp³-hybridized carbons (Fsp3) is 0.643. The van der Waals surface area contributed by atoms with Gasteiger partial charge in [0.2, 0.25) is 5.91 Å². The first-order chi connectivity index (χ1) is 10.1. The lowest BCUT2D eigenvalue weighted by molar-refractivity contribution is -0.146. The Hall–Kier alpha value is -2.05. The van der Waals surface area contributed by atoms with Crippen molar-refractivity contribution >= 4 is 17.8 Å². The van der Waals surface area contributed by atoms with E-state index in [1.165, 1.54) is 6.20 Å². The van der Waals surface area contributed by atoms with Crippen LogP contribution in [0.15, 0.2) is 11.8 Å². The summed E-state index contributed by atoms with van der Waals surface area (Å²) in [5.74, 6) is -1.68. The summed E-state index contributed by atoms with van der Waals surface area (Å²) in [5.41, 5.74) is -0.240. The minimum Gasteiger partial charge on any atom is -0.462 e. The van der Waals surface area contributed by atoms with E-state index in [2.05, 4.69) is 10.6 Å². The van der Waals surface area contributed by atoms with E-state index < -0.39 is 18.0 Å². The zero-order chi connectivity index (χ0) is 15.7. The quantitative estimate of drug-likeness (QED) is 0.316. The Kier molecular flexibility index (Phi) is 7.28. The number of esters is 2. The first-order valence-corrected chi connectivity index (χ1v) is 7.18. The largest absolute Gasteiger partial charge is 0.462 e. The van der Waals surface area contributed by atoms with Gasteiger partial charge in [0.15, 0.2) is 5.57 Å². The molecule has 0 aromatic rings. The summed E-state index contributed by atoms with van der Waals surface area (Å²) in [6, 6.07) is -0.466. The predicted molar refractivity (Wildman–Crippen MR) is 75.1 cm³/mol. The maximum atomic E-state index is 11.8. The van der Waals surface area contributed by atoms with E-state index in [0.29, 0.717) is 13.0 Å². The van der Waals surface area contributed by atoms with Gasteiger partial charge in [0.05, 0.1) is 13.2 Å². The van der Waals surface area contributed by atoms with Gasteiger partial charge in [0.25, 0.3) is 0 Å². The van der Waals surface area contributed by atoms with Crippen molar-refractivity contribution in [2.24, 2.45) is 0 Å². The molecule has 7 heteroatoms. The van der Waals surface area contributed by atoms with Crippen LogP contribution in [-0.2, 0) is 23.9 Å². The zero-order valence-corrected chi connectivity index (χ0v) is 12.4. The van der Waals surface area contributed by atoms with Gasteiger partial charge in [-0.3, -0.25) is 4.79 Å². The molecule has 1 saturated heterocycles. The lowest BCUT2D eigenvalue weighted by Gasteiger charge is -2.14. The average molecular weight is 298 g/mol. The summed E-state index contributed by atoms with van der Waals surface area (Å²) in [5, 5.41) is 5.58. The predicted octanol–water partition coefficient (Wildman–Crippen LogP) is 0.255. The molecule has 1 atom stereocenters. The molecule has 7 nitrogen and oxygen atoms in total. The van der Waals surface area contributed by atoms with Crippen molar-refractivity contribution in [3.05, 3.63) is 11.8 Å².